The van der Waals surface area contributed by atoms with Crippen molar-refractivity contribution in [2.45, 2.75) is 24.9 Å². The van der Waals surface area contributed by atoms with E-state index in [4.69, 9.17) is 9.15 Å². The van der Waals surface area contributed by atoms with Crippen molar-refractivity contribution in [2.75, 3.05) is 6.61 Å². The summed E-state index contributed by atoms with van der Waals surface area (Å²) in [5, 5.41) is 2.68. The average molecular weight is 414 g/mol. The molecule has 0 unspecified atom stereocenters. The second kappa shape index (κ2) is 9.40. The molecule has 2 N–H and O–H groups in total. The first kappa shape index (κ1) is 20.6. The molecule has 0 spiro atoms. The number of furan rings is 1. The van der Waals surface area contributed by atoms with Crippen LogP contribution in [0.3, 0.4) is 0 Å². The van der Waals surface area contributed by atoms with Crippen molar-refractivity contribution in [3.8, 4) is 5.75 Å². The van der Waals surface area contributed by atoms with E-state index in [1.807, 2.05) is 30.3 Å². The summed E-state index contributed by atoms with van der Waals surface area (Å²) in [4.78, 5) is 12.0. The maximum absolute atomic E-state index is 12.5. The Morgan fingerprint density at radius 2 is 1.83 bits per heavy atom. The van der Waals surface area contributed by atoms with Crippen LogP contribution in [-0.2, 0) is 27.9 Å². The lowest BCUT2D eigenvalue weighted by molar-refractivity contribution is -0.123. The van der Waals surface area contributed by atoms with Crippen molar-refractivity contribution in [3.63, 3.8) is 0 Å². The molecule has 152 valence electrons. The molecule has 1 aromatic heterocycles. The standard InChI is InChI=1S/C21H22N2O5S/c1-16-12-19(29(25,26)23-13-17-6-3-2-4-7-17)9-10-20(16)28-15-21(24)22-14-18-8-5-11-27-18/h2-12,23H,13-15H2,1H3,(H,22,24). The highest BCUT2D eigenvalue weighted by molar-refractivity contribution is 7.89. The fraction of sp³-hybridized carbons (Fsp3) is 0.190. The molecule has 0 fully saturated rings. The van der Waals surface area contributed by atoms with Gasteiger partial charge in [-0.05, 0) is 48.4 Å². The Bertz CT molecular complexity index is 1050. The summed E-state index contributed by atoms with van der Waals surface area (Å²) in [6.07, 6.45) is 1.53. The number of carbonyl (C=O) groups excluding carboxylic acids is 1. The first-order valence-electron chi connectivity index (χ1n) is 9.00. The lowest BCUT2D eigenvalue weighted by atomic mass is 10.2. The van der Waals surface area contributed by atoms with Gasteiger partial charge in [0.15, 0.2) is 6.61 Å². The van der Waals surface area contributed by atoms with Gasteiger partial charge in [0.05, 0.1) is 17.7 Å². The Labute approximate surface area is 169 Å². The van der Waals surface area contributed by atoms with Crippen molar-refractivity contribution < 1.29 is 22.4 Å². The van der Waals surface area contributed by atoms with Crippen LogP contribution in [-0.4, -0.2) is 20.9 Å². The summed E-state index contributed by atoms with van der Waals surface area (Å²) in [7, 11) is -3.66. The Kier molecular flexibility index (Phi) is 6.69. The third kappa shape index (κ3) is 5.94. The van der Waals surface area contributed by atoms with Crippen molar-refractivity contribution in [2.24, 2.45) is 0 Å². The van der Waals surface area contributed by atoms with E-state index in [1.165, 1.54) is 18.4 Å². The van der Waals surface area contributed by atoms with Crippen LogP contribution in [0.15, 0.2) is 76.2 Å². The summed E-state index contributed by atoms with van der Waals surface area (Å²) in [5.41, 5.74) is 1.49. The monoisotopic (exact) mass is 414 g/mol. The Morgan fingerprint density at radius 1 is 1.03 bits per heavy atom. The number of nitrogens with one attached hydrogen (secondary N) is 2. The summed E-state index contributed by atoms with van der Waals surface area (Å²) in [6.45, 7) is 2.03. The third-order valence-corrected chi connectivity index (χ3v) is 5.56. The summed E-state index contributed by atoms with van der Waals surface area (Å²) < 4.78 is 38.2. The largest absolute Gasteiger partial charge is 0.484 e. The van der Waals surface area contributed by atoms with Crippen LogP contribution in [0, 0.1) is 6.92 Å². The second-order valence-electron chi connectivity index (χ2n) is 6.38. The zero-order valence-electron chi connectivity index (χ0n) is 15.9. The minimum Gasteiger partial charge on any atom is -0.484 e. The van der Waals surface area contributed by atoms with Crippen LogP contribution in [0.4, 0.5) is 0 Å². The first-order chi connectivity index (χ1) is 13.9. The van der Waals surface area contributed by atoms with E-state index in [9.17, 15) is 13.2 Å². The van der Waals surface area contributed by atoms with E-state index >= 15 is 0 Å². The molecule has 8 heteroatoms. The van der Waals surface area contributed by atoms with E-state index in [-0.39, 0.29) is 30.5 Å². The Hall–Kier alpha value is -3.10. The molecule has 0 aliphatic carbocycles. The first-order valence-corrected chi connectivity index (χ1v) is 10.5. The predicted molar refractivity (Wildman–Crippen MR) is 108 cm³/mol. The molecule has 1 amide bonds. The maximum Gasteiger partial charge on any atom is 0.258 e. The molecule has 0 atom stereocenters. The van der Waals surface area contributed by atoms with Crippen molar-refractivity contribution in [1.29, 1.82) is 0 Å². The van der Waals surface area contributed by atoms with Crippen LogP contribution in [0.25, 0.3) is 0 Å². The Balaban J connectivity index is 1.55. The topological polar surface area (TPSA) is 97.6 Å². The van der Waals surface area contributed by atoms with Gasteiger partial charge in [-0.2, -0.15) is 0 Å². The molecule has 0 bridgehead atoms. The summed E-state index contributed by atoms with van der Waals surface area (Å²) in [6, 6.07) is 17.3. The maximum atomic E-state index is 12.5. The van der Waals surface area contributed by atoms with Gasteiger partial charge in [0.1, 0.15) is 11.5 Å². The number of aryl methyl sites for hydroxylation is 1. The van der Waals surface area contributed by atoms with Gasteiger partial charge in [0.2, 0.25) is 10.0 Å². The second-order valence-corrected chi connectivity index (χ2v) is 8.15. The number of amides is 1. The predicted octanol–water partition coefficient (Wildman–Crippen LogP) is 2.76. The van der Waals surface area contributed by atoms with Gasteiger partial charge in [-0.3, -0.25) is 4.79 Å². The SMILES string of the molecule is Cc1cc(S(=O)(=O)NCc2ccccc2)ccc1OCC(=O)NCc1ccco1. The van der Waals surface area contributed by atoms with Gasteiger partial charge >= 0.3 is 0 Å². The molecule has 3 aromatic rings. The average Bonchev–Trinajstić information content (AvgIpc) is 3.24. The smallest absolute Gasteiger partial charge is 0.258 e. The molecule has 7 nitrogen and oxygen atoms in total. The van der Waals surface area contributed by atoms with Gasteiger partial charge in [-0.15, -0.1) is 0 Å². The molecule has 0 radical (unpaired) electrons. The van der Waals surface area contributed by atoms with Gasteiger partial charge in [-0.1, -0.05) is 30.3 Å². The number of sulfonamides is 1. The molecule has 0 saturated heterocycles. The van der Waals surface area contributed by atoms with Crippen molar-refractivity contribution in [1.82, 2.24) is 10.0 Å². The number of hydrogen-bond donors (Lipinski definition) is 2. The minimum atomic E-state index is -3.66. The molecule has 1 heterocycles. The van der Waals surface area contributed by atoms with Crippen molar-refractivity contribution >= 4 is 15.9 Å². The highest BCUT2D eigenvalue weighted by Crippen LogP contribution is 2.22. The van der Waals surface area contributed by atoms with E-state index in [0.29, 0.717) is 17.1 Å². The zero-order chi connectivity index (χ0) is 20.7. The molecule has 29 heavy (non-hydrogen) atoms. The fourth-order valence-corrected chi connectivity index (χ4v) is 3.70. The van der Waals surface area contributed by atoms with Gasteiger partial charge in [-0.25, -0.2) is 13.1 Å². The van der Waals surface area contributed by atoms with Gasteiger partial charge < -0.3 is 14.5 Å². The molecular weight excluding hydrogens is 392 g/mol. The third-order valence-electron chi connectivity index (χ3n) is 4.16. The van der Waals surface area contributed by atoms with Gasteiger partial charge in [0.25, 0.3) is 5.91 Å². The number of rotatable bonds is 9. The highest BCUT2D eigenvalue weighted by Gasteiger charge is 2.16. The highest BCUT2D eigenvalue weighted by atomic mass is 32.2. The quantitative estimate of drug-likeness (QED) is 0.561. The minimum absolute atomic E-state index is 0.139. The van der Waals surface area contributed by atoms with Crippen LogP contribution in [0.1, 0.15) is 16.9 Å². The number of carbonyl (C=O) groups is 1. The van der Waals surface area contributed by atoms with E-state index in [1.54, 1.807) is 25.1 Å². The number of ether oxygens (including phenoxy) is 1. The van der Waals surface area contributed by atoms with Crippen molar-refractivity contribution in [3.05, 3.63) is 83.8 Å². The summed E-state index contributed by atoms with van der Waals surface area (Å²) >= 11 is 0. The summed E-state index contributed by atoms with van der Waals surface area (Å²) in [5.74, 6) is 0.786. The normalized spacial score (nSPS) is 11.2. The van der Waals surface area contributed by atoms with Gasteiger partial charge in [0, 0.05) is 6.54 Å². The van der Waals surface area contributed by atoms with Crippen LogP contribution in [0.5, 0.6) is 5.75 Å². The number of benzene rings is 2. The molecule has 0 saturated carbocycles. The molecule has 0 aliphatic rings. The van der Waals surface area contributed by atoms with Crippen LogP contribution < -0.4 is 14.8 Å². The molecule has 3 rings (SSSR count). The van der Waals surface area contributed by atoms with E-state index in [2.05, 4.69) is 10.0 Å². The lowest BCUT2D eigenvalue weighted by Gasteiger charge is -2.12. The fourth-order valence-electron chi connectivity index (χ4n) is 2.60. The lowest BCUT2D eigenvalue weighted by Crippen LogP contribution is -2.28. The number of hydrogen-bond acceptors (Lipinski definition) is 5. The van der Waals surface area contributed by atoms with Crippen LogP contribution >= 0.6 is 0 Å². The van der Waals surface area contributed by atoms with Crippen LogP contribution in [0.2, 0.25) is 0 Å². The molecular formula is C21H22N2O5S. The molecule has 0 aliphatic heterocycles. The molecule has 2 aromatic carbocycles. The van der Waals surface area contributed by atoms with E-state index in [0.717, 1.165) is 5.56 Å². The van der Waals surface area contributed by atoms with E-state index < -0.39 is 10.0 Å². The Morgan fingerprint density at radius 3 is 2.52 bits per heavy atom. The zero-order valence-corrected chi connectivity index (χ0v) is 16.7.